The summed E-state index contributed by atoms with van der Waals surface area (Å²) in [4.78, 5) is 0. The van der Waals surface area contributed by atoms with Gasteiger partial charge in [-0.25, -0.2) is 8.42 Å². The Balaban J connectivity index is 2.32. The number of hydrogen-bond donors (Lipinski definition) is 1. The zero-order valence-corrected chi connectivity index (χ0v) is 13.5. The van der Waals surface area contributed by atoms with Gasteiger partial charge in [-0.15, -0.1) is 11.3 Å². The summed E-state index contributed by atoms with van der Waals surface area (Å²) in [5.41, 5.74) is 3.29. The Bertz CT molecular complexity index is 676. The molecule has 3 nitrogen and oxygen atoms in total. The van der Waals surface area contributed by atoms with Crippen molar-refractivity contribution in [1.82, 2.24) is 5.32 Å². The van der Waals surface area contributed by atoms with E-state index in [1.807, 2.05) is 26.0 Å². The van der Waals surface area contributed by atoms with Crippen molar-refractivity contribution < 1.29 is 8.42 Å². The first-order chi connectivity index (χ1) is 9.44. The molecule has 2 rings (SSSR count). The van der Waals surface area contributed by atoms with Crippen molar-refractivity contribution in [2.45, 2.75) is 24.1 Å². The van der Waals surface area contributed by atoms with Crippen molar-refractivity contribution in [3.8, 4) is 0 Å². The lowest BCUT2D eigenvalue weighted by Gasteiger charge is -2.19. The normalized spacial score (nSPS) is 13.3. The minimum atomic E-state index is -3.25. The molecule has 0 saturated carbocycles. The molecule has 0 amide bonds. The average molecular weight is 309 g/mol. The van der Waals surface area contributed by atoms with E-state index in [4.69, 9.17) is 0 Å². The van der Waals surface area contributed by atoms with Crippen LogP contribution in [0, 0.1) is 13.8 Å². The number of thiophene rings is 1. The average Bonchev–Trinajstić information content (AvgIpc) is 2.94. The third-order valence-corrected chi connectivity index (χ3v) is 6.58. The van der Waals surface area contributed by atoms with Crippen molar-refractivity contribution in [1.29, 1.82) is 0 Å². The molecule has 0 spiro atoms. The van der Waals surface area contributed by atoms with Crippen LogP contribution < -0.4 is 5.32 Å². The zero-order valence-electron chi connectivity index (χ0n) is 11.9. The molecule has 1 unspecified atom stereocenters. The van der Waals surface area contributed by atoms with Gasteiger partial charge in [0.25, 0.3) is 0 Å². The summed E-state index contributed by atoms with van der Waals surface area (Å²) in [7, 11) is -1.45. The number of sulfone groups is 1. The van der Waals surface area contributed by atoms with Gasteiger partial charge in [0, 0.05) is 6.04 Å². The molecule has 0 aliphatic heterocycles. The van der Waals surface area contributed by atoms with Gasteiger partial charge in [-0.3, -0.25) is 0 Å². The van der Waals surface area contributed by atoms with E-state index in [1.54, 1.807) is 24.6 Å². The van der Waals surface area contributed by atoms with Crippen LogP contribution in [0.2, 0.25) is 0 Å². The van der Waals surface area contributed by atoms with E-state index in [0.29, 0.717) is 4.21 Å². The molecule has 1 atom stereocenters. The third-order valence-electron chi connectivity index (χ3n) is 3.35. The van der Waals surface area contributed by atoms with E-state index >= 15 is 0 Å². The second-order valence-corrected chi connectivity index (χ2v) is 8.12. The molecule has 0 fully saturated rings. The van der Waals surface area contributed by atoms with Gasteiger partial charge in [-0.2, -0.15) is 0 Å². The van der Waals surface area contributed by atoms with Crippen LogP contribution in [-0.2, 0) is 9.84 Å². The molecular weight excluding hydrogens is 290 g/mol. The van der Waals surface area contributed by atoms with Gasteiger partial charge in [0.1, 0.15) is 4.21 Å². The molecule has 108 valence electrons. The molecule has 1 N–H and O–H groups in total. The first-order valence-corrected chi connectivity index (χ1v) is 8.98. The fraction of sp³-hybridized carbons (Fsp3) is 0.333. The van der Waals surface area contributed by atoms with Gasteiger partial charge in [0.2, 0.25) is 0 Å². The number of aryl methyl sites for hydroxylation is 2. The van der Waals surface area contributed by atoms with Gasteiger partial charge in [0.15, 0.2) is 9.84 Å². The fourth-order valence-corrected chi connectivity index (χ4v) is 4.85. The molecule has 5 heteroatoms. The number of nitrogens with one attached hydrogen (secondary N) is 1. The van der Waals surface area contributed by atoms with Crippen LogP contribution in [0.1, 0.15) is 22.7 Å². The predicted octanol–water partition coefficient (Wildman–Crippen LogP) is 3.10. The second kappa shape index (κ2) is 6.08. The lowest BCUT2D eigenvalue weighted by Crippen LogP contribution is -2.25. The van der Waals surface area contributed by atoms with Crippen molar-refractivity contribution in [3.05, 3.63) is 52.4 Å². The predicted molar refractivity (Wildman–Crippen MR) is 84.1 cm³/mol. The standard InChI is InChI=1S/C15H19NO2S2/c1-11-6-7-12(2)13(9-11)14(16-3)10-20(17,18)15-5-4-8-19-15/h4-9,14,16H,10H2,1-3H3. The van der Waals surface area contributed by atoms with Crippen molar-refractivity contribution >= 4 is 21.2 Å². The lowest BCUT2D eigenvalue weighted by molar-refractivity contribution is 0.575. The van der Waals surface area contributed by atoms with Gasteiger partial charge in [-0.05, 0) is 43.5 Å². The summed E-state index contributed by atoms with van der Waals surface area (Å²) in [5.74, 6) is 0.0777. The smallest absolute Gasteiger partial charge is 0.189 e. The van der Waals surface area contributed by atoms with E-state index in [0.717, 1.165) is 16.7 Å². The topological polar surface area (TPSA) is 46.2 Å². The Kier molecular flexibility index (Phi) is 4.62. The summed E-state index contributed by atoms with van der Waals surface area (Å²) < 4.78 is 25.2. The van der Waals surface area contributed by atoms with Crippen LogP contribution in [0.5, 0.6) is 0 Å². The molecule has 0 saturated heterocycles. The van der Waals surface area contributed by atoms with E-state index < -0.39 is 9.84 Å². The first-order valence-electron chi connectivity index (χ1n) is 6.44. The highest BCUT2D eigenvalue weighted by Gasteiger charge is 2.23. The van der Waals surface area contributed by atoms with Crippen LogP contribution in [0.25, 0.3) is 0 Å². The van der Waals surface area contributed by atoms with E-state index in [9.17, 15) is 8.42 Å². The molecular formula is C15H19NO2S2. The number of rotatable bonds is 5. The highest BCUT2D eigenvalue weighted by atomic mass is 32.2. The molecule has 2 aromatic rings. The largest absolute Gasteiger partial charge is 0.312 e. The Morgan fingerprint density at radius 2 is 2.00 bits per heavy atom. The Morgan fingerprint density at radius 3 is 2.60 bits per heavy atom. The SMILES string of the molecule is CNC(CS(=O)(=O)c1cccs1)c1cc(C)ccc1C. The Labute approximate surface area is 124 Å². The summed E-state index contributed by atoms with van der Waals surface area (Å²) >= 11 is 1.27. The Hall–Kier alpha value is -1.17. The highest BCUT2D eigenvalue weighted by Crippen LogP contribution is 2.25. The van der Waals surface area contributed by atoms with Crippen molar-refractivity contribution in [3.63, 3.8) is 0 Å². The summed E-state index contributed by atoms with van der Waals surface area (Å²) in [6.45, 7) is 4.03. The monoisotopic (exact) mass is 309 g/mol. The quantitative estimate of drug-likeness (QED) is 0.923. The second-order valence-electron chi connectivity index (χ2n) is 4.91. The minimum absolute atomic E-state index is 0.0777. The van der Waals surface area contributed by atoms with Crippen LogP contribution in [0.3, 0.4) is 0 Å². The van der Waals surface area contributed by atoms with Crippen LogP contribution >= 0.6 is 11.3 Å². The molecule has 0 bridgehead atoms. The summed E-state index contributed by atoms with van der Waals surface area (Å²) in [6, 6.07) is 9.37. The number of hydrogen-bond acceptors (Lipinski definition) is 4. The summed E-state index contributed by atoms with van der Waals surface area (Å²) in [6.07, 6.45) is 0. The molecule has 20 heavy (non-hydrogen) atoms. The summed E-state index contributed by atoms with van der Waals surface area (Å²) in [5, 5.41) is 4.92. The van der Waals surface area contributed by atoms with Crippen LogP contribution in [-0.4, -0.2) is 21.2 Å². The van der Waals surface area contributed by atoms with E-state index in [-0.39, 0.29) is 11.8 Å². The van der Waals surface area contributed by atoms with E-state index in [1.165, 1.54) is 11.3 Å². The maximum atomic E-state index is 12.4. The van der Waals surface area contributed by atoms with E-state index in [2.05, 4.69) is 11.4 Å². The molecule has 0 radical (unpaired) electrons. The van der Waals surface area contributed by atoms with Gasteiger partial charge in [0.05, 0.1) is 5.75 Å². The fourth-order valence-electron chi connectivity index (χ4n) is 2.21. The van der Waals surface area contributed by atoms with Crippen LogP contribution in [0.4, 0.5) is 0 Å². The minimum Gasteiger partial charge on any atom is -0.312 e. The third kappa shape index (κ3) is 3.29. The molecule has 1 aromatic heterocycles. The number of benzene rings is 1. The van der Waals surface area contributed by atoms with Crippen LogP contribution in [0.15, 0.2) is 39.9 Å². The van der Waals surface area contributed by atoms with Gasteiger partial charge in [-0.1, -0.05) is 29.8 Å². The maximum absolute atomic E-state index is 12.4. The zero-order chi connectivity index (χ0) is 14.8. The molecule has 1 heterocycles. The highest BCUT2D eigenvalue weighted by molar-refractivity contribution is 7.93. The molecule has 0 aliphatic carbocycles. The lowest BCUT2D eigenvalue weighted by atomic mass is 10.0. The Morgan fingerprint density at radius 1 is 1.25 bits per heavy atom. The van der Waals surface area contributed by atoms with Gasteiger partial charge >= 0.3 is 0 Å². The maximum Gasteiger partial charge on any atom is 0.189 e. The van der Waals surface area contributed by atoms with Crippen molar-refractivity contribution in [2.24, 2.45) is 0 Å². The first kappa shape index (κ1) is 15.2. The molecule has 0 aliphatic rings. The van der Waals surface area contributed by atoms with Gasteiger partial charge < -0.3 is 5.32 Å². The van der Waals surface area contributed by atoms with Crippen molar-refractivity contribution in [2.75, 3.05) is 12.8 Å². The molecule has 1 aromatic carbocycles.